The Morgan fingerprint density at radius 1 is 1.43 bits per heavy atom. The van der Waals surface area contributed by atoms with E-state index < -0.39 is 12.0 Å². The summed E-state index contributed by atoms with van der Waals surface area (Å²) in [7, 11) is 1.74. The summed E-state index contributed by atoms with van der Waals surface area (Å²) < 4.78 is 0. The number of nitrogens with one attached hydrogen (secondary N) is 2. The fourth-order valence-electron chi connectivity index (χ4n) is 1.05. The van der Waals surface area contributed by atoms with Crippen molar-refractivity contribution in [2.45, 2.75) is 32.2 Å². The van der Waals surface area contributed by atoms with Crippen LogP contribution in [0.15, 0.2) is 0 Å². The van der Waals surface area contributed by atoms with Gasteiger partial charge in [-0.25, -0.2) is 4.79 Å². The zero-order valence-electron chi connectivity index (χ0n) is 8.67. The van der Waals surface area contributed by atoms with E-state index in [-0.39, 0.29) is 5.91 Å². The average molecular weight is 202 g/mol. The van der Waals surface area contributed by atoms with Gasteiger partial charge < -0.3 is 15.7 Å². The number of aliphatic carboxylic acids is 1. The lowest BCUT2D eigenvalue weighted by Crippen LogP contribution is -2.41. The molecule has 0 saturated heterocycles. The molecular formula is C9H18N2O3. The van der Waals surface area contributed by atoms with Gasteiger partial charge in [0.1, 0.15) is 6.04 Å². The van der Waals surface area contributed by atoms with Gasteiger partial charge in [-0.1, -0.05) is 13.3 Å². The van der Waals surface area contributed by atoms with Gasteiger partial charge in [-0.3, -0.25) is 4.79 Å². The number of carbonyl (C=O) groups is 2. The van der Waals surface area contributed by atoms with E-state index in [1.807, 2.05) is 6.92 Å². The number of hydrogen-bond acceptors (Lipinski definition) is 3. The molecule has 0 aliphatic heterocycles. The molecular weight excluding hydrogens is 184 g/mol. The maximum absolute atomic E-state index is 11.2. The molecule has 0 bridgehead atoms. The minimum absolute atomic E-state index is 0.222. The second-order valence-electron chi connectivity index (χ2n) is 3.10. The quantitative estimate of drug-likeness (QED) is 0.541. The minimum Gasteiger partial charge on any atom is -0.480 e. The second kappa shape index (κ2) is 7.32. The molecule has 14 heavy (non-hydrogen) atoms. The zero-order chi connectivity index (χ0) is 11.0. The van der Waals surface area contributed by atoms with Gasteiger partial charge in [0.25, 0.3) is 0 Å². The van der Waals surface area contributed by atoms with Crippen molar-refractivity contribution in [3.63, 3.8) is 0 Å². The maximum Gasteiger partial charge on any atom is 0.326 e. The summed E-state index contributed by atoms with van der Waals surface area (Å²) >= 11 is 0. The average Bonchev–Trinajstić information content (AvgIpc) is 2.14. The molecule has 0 fully saturated rings. The summed E-state index contributed by atoms with van der Waals surface area (Å²) in [5.41, 5.74) is 0. The molecule has 0 spiro atoms. The Hall–Kier alpha value is -1.10. The van der Waals surface area contributed by atoms with Crippen molar-refractivity contribution in [2.24, 2.45) is 0 Å². The van der Waals surface area contributed by atoms with Gasteiger partial charge in [0.05, 0.1) is 0 Å². The lowest BCUT2D eigenvalue weighted by Gasteiger charge is -2.13. The fourth-order valence-corrected chi connectivity index (χ4v) is 1.05. The minimum atomic E-state index is -0.968. The molecule has 3 N–H and O–H groups in total. The van der Waals surface area contributed by atoms with Crippen LogP contribution in [0.1, 0.15) is 26.2 Å². The highest BCUT2D eigenvalue weighted by molar-refractivity contribution is 5.83. The highest BCUT2D eigenvalue weighted by Crippen LogP contribution is 1.97. The standard InChI is InChI=1S/C9H18N2O3/c1-3-4-7(9(13)14)11-8(12)5-6-10-2/h7,10H,3-6H2,1-2H3,(H,11,12)(H,13,14)/t7-/m1/s1. The first kappa shape index (κ1) is 12.9. The van der Waals surface area contributed by atoms with Crippen molar-refractivity contribution in [3.05, 3.63) is 0 Å². The van der Waals surface area contributed by atoms with E-state index in [0.717, 1.165) is 6.42 Å². The molecule has 1 atom stereocenters. The molecule has 5 heteroatoms. The molecule has 82 valence electrons. The Morgan fingerprint density at radius 2 is 2.07 bits per heavy atom. The van der Waals surface area contributed by atoms with Crippen molar-refractivity contribution >= 4 is 11.9 Å². The van der Waals surface area contributed by atoms with Crippen LogP contribution in [-0.4, -0.2) is 36.6 Å². The summed E-state index contributed by atoms with van der Waals surface area (Å²) in [5.74, 6) is -1.19. The largest absolute Gasteiger partial charge is 0.480 e. The SMILES string of the molecule is CCC[C@@H](NC(=O)CCNC)C(=O)O. The van der Waals surface area contributed by atoms with Crippen LogP contribution in [0.3, 0.4) is 0 Å². The molecule has 1 amide bonds. The Balaban J connectivity index is 3.90. The van der Waals surface area contributed by atoms with Gasteiger partial charge in [-0.2, -0.15) is 0 Å². The Kier molecular flexibility index (Phi) is 6.74. The highest BCUT2D eigenvalue weighted by atomic mass is 16.4. The van der Waals surface area contributed by atoms with Crippen molar-refractivity contribution in [1.82, 2.24) is 10.6 Å². The molecule has 0 heterocycles. The predicted octanol–water partition coefficient (Wildman–Crippen LogP) is -0.0346. The van der Waals surface area contributed by atoms with Crippen LogP contribution in [0.4, 0.5) is 0 Å². The number of carboxylic acid groups (broad SMARTS) is 1. The van der Waals surface area contributed by atoms with E-state index in [0.29, 0.717) is 19.4 Å². The first-order valence-electron chi connectivity index (χ1n) is 4.78. The summed E-state index contributed by atoms with van der Waals surface area (Å²) in [6.45, 7) is 2.44. The van der Waals surface area contributed by atoms with Gasteiger partial charge in [0, 0.05) is 13.0 Å². The molecule has 0 aromatic heterocycles. The number of rotatable bonds is 7. The van der Waals surface area contributed by atoms with Gasteiger partial charge in [0.2, 0.25) is 5.91 Å². The molecule has 0 saturated carbocycles. The van der Waals surface area contributed by atoms with E-state index in [2.05, 4.69) is 10.6 Å². The molecule has 0 aliphatic rings. The van der Waals surface area contributed by atoms with Gasteiger partial charge >= 0.3 is 5.97 Å². The van der Waals surface area contributed by atoms with Crippen molar-refractivity contribution in [2.75, 3.05) is 13.6 Å². The maximum atomic E-state index is 11.2. The predicted molar refractivity (Wildman–Crippen MR) is 53.0 cm³/mol. The third-order valence-electron chi connectivity index (χ3n) is 1.81. The summed E-state index contributed by atoms with van der Waals surface area (Å²) in [6.07, 6.45) is 1.52. The molecule has 0 rings (SSSR count). The Morgan fingerprint density at radius 3 is 2.50 bits per heavy atom. The van der Waals surface area contributed by atoms with E-state index in [4.69, 9.17) is 5.11 Å². The third kappa shape index (κ3) is 5.53. The van der Waals surface area contributed by atoms with Crippen molar-refractivity contribution in [1.29, 1.82) is 0 Å². The van der Waals surface area contributed by atoms with Crippen LogP contribution in [0.5, 0.6) is 0 Å². The fraction of sp³-hybridized carbons (Fsp3) is 0.778. The van der Waals surface area contributed by atoms with Crippen molar-refractivity contribution < 1.29 is 14.7 Å². The van der Waals surface area contributed by atoms with Crippen LogP contribution in [0.25, 0.3) is 0 Å². The first-order chi connectivity index (χ1) is 6.61. The number of amides is 1. The highest BCUT2D eigenvalue weighted by Gasteiger charge is 2.17. The molecule has 0 radical (unpaired) electrons. The molecule has 5 nitrogen and oxygen atoms in total. The smallest absolute Gasteiger partial charge is 0.326 e. The first-order valence-corrected chi connectivity index (χ1v) is 4.78. The topological polar surface area (TPSA) is 78.4 Å². The third-order valence-corrected chi connectivity index (χ3v) is 1.81. The number of carbonyl (C=O) groups excluding carboxylic acids is 1. The van der Waals surface area contributed by atoms with Crippen LogP contribution >= 0.6 is 0 Å². The van der Waals surface area contributed by atoms with Crippen LogP contribution < -0.4 is 10.6 Å². The van der Waals surface area contributed by atoms with Gasteiger partial charge in [-0.15, -0.1) is 0 Å². The zero-order valence-corrected chi connectivity index (χ0v) is 8.67. The molecule has 0 unspecified atom stereocenters. The van der Waals surface area contributed by atoms with Gasteiger partial charge in [0.15, 0.2) is 0 Å². The van der Waals surface area contributed by atoms with Gasteiger partial charge in [-0.05, 0) is 13.5 Å². The van der Waals surface area contributed by atoms with E-state index in [1.165, 1.54) is 0 Å². The summed E-state index contributed by atoms with van der Waals surface area (Å²) in [4.78, 5) is 21.8. The molecule has 0 aromatic rings. The summed E-state index contributed by atoms with van der Waals surface area (Å²) in [6, 6.07) is -0.746. The lowest BCUT2D eigenvalue weighted by atomic mass is 10.1. The van der Waals surface area contributed by atoms with Crippen LogP contribution in [-0.2, 0) is 9.59 Å². The molecule has 0 aromatic carbocycles. The Bertz CT molecular complexity index is 194. The normalized spacial score (nSPS) is 12.1. The van der Waals surface area contributed by atoms with E-state index in [1.54, 1.807) is 7.05 Å². The van der Waals surface area contributed by atoms with E-state index in [9.17, 15) is 9.59 Å². The number of hydrogen-bond donors (Lipinski definition) is 3. The van der Waals surface area contributed by atoms with E-state index >= 15 is 0 Å². The monoisotopic (exact) mass is 202 g/mol. The molecule has 0 aliphatic carbocycles. The van der Waals surface area contributed by atoms with Crippen LogP contribution in [0, 0.1) is 0 Å². The Labute approximate surface area is 83.9 Å². The second-order valence-corrected chi connectivity index (χ2v) is 3.10. The van der Waals surface area contributed by atoms with Crippen molar-refractivity contribution in [3.8, 4) is 0 Å². The lowest BCUT2D eigenvalue weighted by molar-refractivity contribution is -0.142. The summed E-state index contributed by atoms with van der Waals surface area (Å²) in [5, 5.41) is 14.0. The van der Waals surface area contributed by atoms with Crippen LogP contribution in [0.2, 0.25) is 0 Å². The number of carboxylic acids is 1.